The lowest BCUT2D eigenvalue weighted by atomic mass is 9.79. The minimum absolute atomic E-state index is 0.0105. The Bertz CT molecular complexity index is 5260. The van der Waals surface area contributed by atoms with Gasteiger partial charge >= 0.3 is 19.2 Å². The maximum absolute atomic E-state index is 16.6. The van der Waals surface area contributed by atoms with Gasteiger partial charge in [-0.1, -0.05) is 114 Å². The predicted molar refractivity (Wildman–Crippen MR) is 414 cm³/mol. The van der Waals surface area contributed by atoms with Crippen molar-refractivity contribution in [3.63, 3.8) is 0 Å². The van der Waals surface area contributed by atoms with E-state index in [9.17, 15) is 29.2 Å². The molecule has 13 rings (SSSR count). The molecule has 32 heteroatoms. The number of rotatable bonds is 30. The number of nitriles is 1. The lowest BCUT2D eigenvalue weighted by Gasteiger charge is -2.37. The van der Waals surface area contributed by atoms with Crippen LogP contribution in [0.15, 0.2) is 190 Å². The van der Waals surface area contributed by atoms with Gasteiger partial charge < -0.3 is 47.3 Å². The number of para-hydroxylation sites is 1. The van der Waals surface area contributed by atoms with Crippen LogP contribution in [0.25, 0.3) is 11.2 Å². The van der Waals surface area contributed by atoms with E-state index < -0.39 is 112 Å². The number of methoxy groups -OCH3 is 2. The van der Waals surface area contributed by atoms with Crippen LogP contribution in [0.5, 0.6) is 17.2 Å². The summed E-state index contributed by atoms with van der Waals surface area (Å²) in [6.45, 7) is 12.0. The summed E-state index contributed by atoms with van der Waals surface area (Å²) in [5, 5.41) is 12.8. The molecule has 111 heavy (non-hydrogen) atoms. The first-order chi connectivity index (χ1) is 53.5. The average Bonchev–Trinajstić information content (AvgIpc) is 1.70. The molecule has 3 saturated heterocycles. The molecule has 3 N–H and O–H groups in total. The summed E-state index contributed by atoms with van der Waals surface area (Å²) in [7, 11) is -4.01. The highest BCUT2D eigenvalue weighted by atomic mass is 35.5. The van der Waals surface area contributed by atoms with Crippen LogP contribution in [0.1, 0.15) is 139 Å². The van der Waals surface area contributed by atoms with Gasteiger partial charge in [-0.15, -0.1) is 0 Å². The number of imidazole rings is 1. The Morgan fingerprint density at radius 3 is 1.88 bits per heavy atom. The van der Waals surface area contributed by atoms with Crippen molar-refractivity contribution >= 4 is 62.4 Å². The smallest absolute Gasteiger partial charge is 0.497 e. The zero-order valence-electron chi connectivity index (χ0n) is 62.1. The number of H-pyrrole nitrogens is 2. The molecule has 3 aliphatic heterocycles. The molecular formula is C79H83Cl2N11O17P2. The number of nitrogens with zero attached hydrogens (tertiary/aromatic N) is 8. The number of carbonyl (C=O) groups excluding carboxylic acids is 1. The molecule has 28 nitrogen and oxygen atoms in total. The van der Waals surface area contributed by atoms with Crippen LogP contribution in [-0.4, -0.2) is 120 Å². The van der Waals surface area contributed by atoms with Gasteiger partial charge in [0.15, 0.2) is 17.0 Å². The molecular weight excluding hydrogens is 1510 g/mol. The quantitative estimate of drug-likeness (QED) is 0.0214. The van der Waals surface area contributed by atoms with Crippen molar-refractivity contribution in [3.8, 4) is 23.3 Å². The largest absolute Gasteiger partial charge is 0.530 e. The van der Waals surface area contributed by atoms with E-state index in [0.29, 0.717) is 39.4 Å². The molecule has 1 amide bonds. The number of amides is 1. The van der Waals surface area contributed by atoms with Gasteiger partial charge in [0, 0.05) is 71.4 Å². The number of hydrogen-bond donors (Lipinski definition) is 3. The van der Waals surface area contributed by atoms with Gasteiger partial charge in [0.25, 0.3) is 25.6 Å². The Balaban J connectivity index is 0.938. The number of aromatic amines is 2. The molecule has 10 aromatic rings. The molecule has 11 atom stereocenters. The summed E-state index contributed by atoms with van der Waals surface area (Å²) in [6.07, 6.45) is -3.65. The average molecular weight is 1590 g/mol. The molecule has 2 unspecified atom stereocenters. The number of phosphoric acid groups is 1. The minimum atomic E-state index is -5.20. The van der Waals surface area contributed by atoms with Crippen molar-refractivity contribution in [1.82, 2.24) is 43.3 Å². The van der Waals surface area contributed by atoms with Crippen molar-refractivity contribution in [3.05, 3.63) is 272 Å². The maximum Gasteiger partial charge on any atom is 0.530 e. The Morgan fingerprint density at radius 2 is 1.27 bits per heavy atom. The third-order valence-corrected chi connectivity index (χ3v) is 24.0. The highest BCUT2D eigenvalue weighted by Crippen LogP contribution is 2.59. The number of halogens is 2. The van der Waals surface area contributed by atoms with E-state index in [1.165, 1.54) is 46.9 Å². The van der Waals surface area contributed by atoms with Gasteiger partial charge in [0.1, 0.15) is 66.2 Å². The summed E-state index contributed by atoms with van der Waals surface area (Å²) in [6, 6.07) is 45.3. The maximum atomic E-state index is 16.6. The Hall–Kier alpha value is -9.53. The third kappa shape index (κ3) is 17.1. The topological polar surface area (TPSA) is 328 Å². The van der Waals surface area contributed by atoms with Crippen LogP contribution in [-0.2, 0) is 47.2 Å². The van der Waals surface area contributed by atoms with E-state index in [-0.39, 0.29) is 89.2 Å². The molecule has 6 aromatic carbocycles. The second-order valence-corrected chi connectivity index (χ2v) is 31.3. The van der Waals surface area contributed by atoms with E-state index in [1.807, 2.05) is 123 Å². The summed E-state index contributed by atoms with van der Waals surface area (Å²) < 4.78 is 96.6. The first kappa shape index (κ1) is 79.6. The molecule has 0 saturated carbocycles. The second kappa shape index (κ2) is 34.6. The number of hydrogen-bond acceptors (Lipinski definition) is 22. The summed E-state index contributed by atoms with van der Waals surface area (Å²) in [5.41, 5.74) is 0.857. The number of aryl methyl sites for hydroxylation is 2. The number of nitrogens with one attached hydrogen (secondary N) is 3. The molecule has 0 spiro atoms. The van der Waals surface area contributed by atoms with Crippen LogP contribution in [0.3, 0.4) is 0 Å². The van der Waals surface area contributed by atoms with Gasteiger partial charge in [0.05, 0.1) is 70.1 Å². The number of anilines is 1. The number of phosphoric ester groups is 1. The van der Waals surface area contributed by atoms with E-state index in [1.54, 1.807) is 81.4 Å². The monoisotopic (exact) mass is 1590 g/mol. The van der Waals surface area contributed by atoms with Crippen molar-refractivity contribution in [2.24, 2.45) is 0 Å². The van der Waals surface area contributed by atoms with Crippen molar-refractivity contribution in [2.75, 3.05) is 39.4 Å². The Morgan fingerprint density at radius 1 is 0.694 bits per heavy atom. The number of aromatic nitrogens is 8. The Labute approximate surface area is 650 Å². The summed E-state index contributed by atoms with van der Waals surface area (Å²) in [4.78, 5) is 86.3. The fourth-order valence-corrected chi connectivity index (χ4v) is 17.9. The third-order valence-electron chi connectivity index (χ3n) is 19.7. The van der Waals surface area contributed by atoms with Crippen molar-refractivity contribution < 1.29 is 60.4 Å². The zero-order chi connectivity index (χ0) is 78.4. The predicted octanol–water partition coefficient (Wildman–Crippen LogP) is 14.0. The highest BCUT2D eigenvalue weighted by Gasteiger charge is 2.51. The van der Waals surface area contributed by atoms with Crippen LogP contribution in [0.4, 0.5) is 5.82 Å². The van der Waals surface area contributed by atoms with E-state index in [0.717, 1.165) is 16.7 Å². The van der Waals surface area contributed by atoms with Gasteiger partial charge in [-0.2, -0.15) is 5.26 Å². The van der Waals surface area contributed by atoms with Gasteiger partial charge in [-0.05, 0) is 136 Å². The first-order valence-electron chi connectivity index (χ1n) is 36.0. The van der Waals surface area contributed by atoms with Crippen molar-refractivity contribution in [1.29, 1.82) is 5.26 Å². The SMILES string of the molecule is COc1ccc(C(OC[C@@H]2O[C@@H](n3cnc4c(NC(=O)c5ccccc5)ncnc43)C[C@H]2c2ccc(Cl)c(C)c2[C@H]2O[C@@H](n3cc(C)c(=O)[nH]c3=O)C[C@@H]2OP(=O)(OC[C@H]2O[C@@H](n3cc(C)c(=O)[nH]c3=O)C[C@@H]2OP(OCCC#N)N(C(C)C)C(C)C)Oc2ccccc2Cl)(c2ccccc2)c2ccc(OC)cc2)cc1. The number of benzene rings is 6. The molecule has 3 aliphatic rings. The fourth-order valence-electron chi connectivity index (χ4n) is 14.4. The van der Waals surface area contributed by atoms with E-state index in [2.05, 4.69) is 26.3 Å². The number of fused-ring (bicyclic) bond motifs is 1. The standard InChI is InChI=1S/C79H83Cl2N11O17P2/c1-46(2)92(47(3)4)110(102-36-18-35-82)107-62-38-67(89-40-48(5)74(93)87-77(89)96)105-65(62)43-103-111(98,108-61-24-17-16-23-60(61)81)109-63-39-68(90-41-49(6)75(94)88-78(90)97)106-71(63)69-50(7)59(80)34-33-57(69)58-37-66(91-45-85-70-72(83-44-84-73(70)91)86-76(95)51-19-12-10-13-20-51)104-64(58)42-101-79(52-21-14-11-15-22-52,53-25-29-55(99-8)30-26-53)54-27-31-56(100-9)32-28-54/h10-17,19-34,40-41,44-47,58,62-68,71H,18,36-39,42-43H2,1-9H3,(H,87,93,96)(H,88,94,97)(H,83,84,86,95)/t58-,62-,63-,64-,65+,66+,67+,68+,71-,110?,111?/m0/s1. The lowest BCUT2D eigenvalue weighted by molar-refractivity contribution is -0.0787. The first-order valence-corrected chi connectivity index (χ1v) is 39.4. The molecule has 0 aliphatic carbocycles. The van der Waals surface area contributed by atoms with E-state index in [4.69, 9.17) is 84.2 Å². The highest BCUT2D eigenvalue weighted by molar-refractivity contribution is 7.49. The Kier molecular flexibility index (Phi) is 24.8. The fraction of sp³-hybridized carbons (Fsp3) is 0.354. The normalized spacial score (nSPS) is 20.7. The molecule has 3 fully saturated rings. The minimum Gasteiger partial charge on any atom is -0.497 e. The molecule has 0 radical (unpaired) electrons. The van der Waals surface area contributed by atoms with Gasteiger partial charge in [0.2, 0.25) is 0 Å². The number of carbonyl (C=O) groups is 1. The van der Waals surface area contributed by atoms with E-state index >= 15 is 4.57 Å². The van der Waals surface area contributed by atoms with Crippen LogP contribution < -0.4 is 41.8 Å². The van der Waals surface area contributed by atoms with Gasteiger partial charge in [-0.3, -0.25) is 47.1 Å². The van der Waals surface area contributed by atoms with Crippen molar-refractivity contribution in [2.45, 2.75) is 147 Å². The molecule has 580 valence electrons. The zero-order valence-corrected chi connectivity index (χ0v) is 65.4. The molecule has 0 bridgehead atoms. The lowest BCUT2D eigenvalue weighted by Crippen LogP contribution is -2.37. The summed E-state index contributed by atoms with van der Waals surface area (Å²) in [5.74, 6) is 0.106. The van der Waals surface area contributed by atoms with Crippen LogP contribution in [0.2, 0.25) is 10.0 Å². The number of ether oxygens (including phenoxy) is 6. The second-order valence-electron chi connectivity index (χ2n) is 27.5. The molecule has 7 heterocycles. The van der Waals surface area contributed by atoms with Crippen LogP contribution >= 0.6 is 39.6 Å². The van der Waals surface area contributed by atoms with Gasteiger partial charge in [-0.25, -0.2) is 33.8 Å². The molecule has 4 aromatic heterocycles. The summed E-state index contributed by atoms with van der Waals surface area (Å²) >= 11 is 14.3. The van der Waals surface area contributed by atoms with Crippen LogP contribution in [0, 0.1) is 32.1 Å².